The summed E-state index contributed by atoms with van der Waals surface area (Å²) in [6, 6.07) is 5.03. The van der Waals surface area contributed by atoms with Crippen LogP contribution in [0.15, 0.2) is 36.7 Å². The Morgan fingerprint density at radius 2 is 1.63 bits per heavy atom. The average Bonchev–Trinajstić information content (AvgIpc) is 3.46. The van der Waals surface area contributed by atoms with E-state index in [-0.39, 0.29) is 18.8 Å². The number of hydrogen-bond acceptors (Lipinski definition) is 7. The molecular formula is C34H52N6O6. The fourth-order valence-electron chi connectivity index (χ4n) is 6.08. The number of carbonyl (C=O) groups excluding carboxylic acids is 3. The normalized spacial score (nSPS) is 15.5. The van der Waals surface area contributed by atoms with Crippen LogP contribution in [0.5, 0.6) is 0 Å². The average molecular weight is 641 g/mol. The monoisotopic (exact) mass is 640 g/mol. The number of rotatable bonds is 20. The number of nitrogens with one attached hydrogen (secondary N) is 3. The quantitative estimate of drug-likeness (QED) is 0.119. The summed E-state index contributed by atoms with van der Waals surface area (Å²) in [5.41, 5.74) is 7.58. The van der Waals surface area contributed by atoms with E-state index in [0.717, 1.165) is 69.3 Å². The first-order valence-corrected chi connectivity index (χ1v) is 16.7. The first-order valence-electron chi connectivity index (χ1n) is 16.7. The molecule has 3 amide bonds. The molecule has 1 fully saturated rings. The molecular weight excluding hydrogens is 588 g/mol. The van der Waals surface area contributed by atoms with Gasteiger partial charge in [0.15, 0.2) is 0 Å². The lowest BCUT2D eigenvalue weighted by Gasteiger charge is -2.31. The summed E-state index contributed by atoms with van der Waals surface area (Å²) in [5.74, 6) is -1.51. The van der Waals surface area contributed by atoms with Crippen LogP contribution in [0.4, 0.5) is 0 Å². The predicted octanol–water partition coefficient (Wildman–Crippen LogP) is 2.39. The van der Waals surface area contributed by atoms with Crippen molar-refractivity contribution in [1.29, 1.82) is 0 Å². The highest BCUT2D eigenvalue weighted by Gasteiger charge is 2.31. The number of aryl methyl sites for hydroxylation is 3. The number of hydrogen-bond donors (Lipinski definition) is 6. The van der Waals surface area contributed by atoms with Gasteiger partial charge in [0.05, 0.1) is 19.4 Å². The number of nitrogens with two attached hydrogens (primary N) is 1. The molecule has 0 saturated heterocycles. The van der Waals surface area contributed by atoms with Crippen LogP contribution >= 0.6 is 0 Å². The van der Waals surface area contributed by atoms with Crippen LogP contribution in [0.25, 0.3) is 0 Å². The van der Waals surface area contributed by atoms with E-state index >= 15 is 0 Å². The second-order valence-electron chi connectivity index (χ2n) is 12.4. The summed E-state index contributed by atoms with van der Waals surface area (Å²) in [4.78, 5) is 55.1. The Bertz CT molecular complexity index is 1240. The Labute approximate surface area is 271 Å². The number of carbonyl (C=O) groups is 4. The van der Waals surface area contributed by atoms with Crippen molar-refractivity contribution in [2.24, 2.45) is 11.7 Å². The second-order valence-corrected chi connectivity index (χ2v) is 12.4. The zero-order valence-corrected chi connectivity index (χ0v) is 27.1. The SMILES string of the molecule is Cc1nccn1CCCCc1ccc(CC(=O)N[C@@H](CO)C(=O)N[C@@H](CCCCN)C(=O)NC(CC(=O)O)C2CCCCC2)cc1. The van der Waals surface area contributed by atoms with Crippen molar-refractivity contribution in [2.45, 2.75) is 115 Å². The third-order valence-corrected chi connectivity index (χ3v) is 8.78. The van der Waals surface area contributed by atoms with Gasteiger partial charge in [-0.1, -0.05) is 43.5 Å². The highest BCUT2D eigenvalue weighted by Crippen LogP contribution is 2.28. The van der Waals surface area contributed by atoms with Crippen LogP contribution in [-0.4, -0.2) is 74.7 Å². The van der Waals surface area contributed by atoms with E-state index in [9.17, 15) is 29.4 Å². The number of carboxylic acids is 1. The zero-order valence-electron chi connectivity index (χ0n) is 27.1. The summed E-state index contributed by atoms with van der Waals surface area (Å²) in [6.45, 7) is 2.70. The molecule has 1 aromatic heterocycles. The van der Waals surface area contributed by atoms with Crippen molar-refractivity contribution in [3.8, 4) is 0 Å². The molecule has 7 N–H and O–H groups in total. The van der Waals surface area contributed by atoms with Crippen LogP contribution in [0.3, 0.4) is 0 Å². The standard InChI is InChI=1S/C34H52N6O6/c1-24-36-18-20-40(24)19-8-6-9-25-13-15-26(16-14-25)21-31(42)37-30(23-41)34(46)38-28(12-5-7-17-35)33(45)39-29(22-32(43)44)27-10-3-2-4-11-27/h13-16,18,20,27-30,41H,2-12,17,19,21-23,35H2,1H3,(H,37,42)(H,38,46)(H,39,45)(H,43,44)/t28-,29?,30-/m0/s1. The van der Waals surface area contributed by atoms with E-state index in [0.29, 0.717) is 25.8 Å². The highest BCUT2D eigenvalue weighted by atomic mass is 16.4. The Morgan fingerprint density at radius 3 is 2.26 bits per heavy atom. The van der Waals surface area contributed by atoms with Crippen molar-refractivity contribution >= 4 is 23.7 Å². The van der Waals surface area contributed by atoms with Gasteiger partial charge < -0.3 is 36.5 Å². The molecule has 3 rings (SSSR count). The Balaban J connectivity index is 1.52. The number of benzene rings is 1. The van der Waals surface area contributed by atoms with E-state index in [1.54, 1.807) is 6.20 Å². The van der Waals surface area contributed by atoms with Gasteiger partial charge in [0.25, 0.3) is 0 Å². The Kier molecular flexibility index (Phi) is 15.7. The summed E-state index contributed by atoms with van der Waals surface area (Å²) in [5, 5.41) is 27.6. The topological polar surface area (TPSA) is 189 Å². The highest BCUT2D eigenvalue weighted by molar-refractivity contribution is 5.92. The minimum Gasteiger partial charge on any atom is -0.481 e. The molecule has 3 atom stereocenters. The van der Waals surface area contributed by atoms with Crippen molar-refractivity contribution < 1.29 is 29.4 Å². The number of aromatic nitrogens is 2. The molecule has 1 unspecified atom stereocenters. The van der Waals surface area contributed by atoms with E-state index in [1.807, 2.05) is 37.4 Å². The lowest BCUT2D eigenvalue weighted by molar-refractivity contribution is -0.138. The first-order chi connectivity index (χ1) is 22.2. The minimum atomic E-state index is -1.25. The van der Waals surface area contributed by atoms with Crippen molar-refractivity contribution in [3.63, 3.8) is 0 Å². The second kappa shape index (κ2) is 19.7. The van der Waals surface area contributed by atoms with Crippen LogP contribution in [0, 0.1) is 12.8 Å². The van der Waals surface area contributed by atoms with Gasteiger partial charge in [0.1, 0.15) is 17.9 Å². The van der Waals surface area contributed by atoms with Crippen molar-refractivity contribution in [1.82, 2.24) is 25.5 Å². The summed E-state index contributed by atoms with van der Waals surface area (Å²) < 4.78 is 2.13. The number of nitrogens with zero attached hydrogens (tertiary/aromatic N) is 2. The molecule has 1 saturated carbocycles. The number of imidazole rings is 1. The van der Waals surface area contributed by atoms with Gasteiger partial charge in [-0.25, -0.2) is 4.98 Å². The van der Waals surface area contributed by atoms with Gasteiger partial charge in [-0.05, 0) is 81.9 Å². The smallest absolute Gasteiger partial charge is 0.305 e. The Hall–Kier alpha value is -3.77. The third kappa shape index (κ3) is 12.6. The van der Waals surface area contributed by atoms with Gasteiger partial charge in [-0.15, -0.1) is 0 Å². The summed E-state index contributed by atoms with van der Waals surface area (Å²) in [6.07, 6.45) is 12.9. The summed E-state index contributed by atoms with van der Waals surface area (Å²) >= 11 is 0. The number of aliphatic hydroxyl groups is 1. The fourth-order valence-corrected chi connectivity index (χ4v) is 6.08. The van der Waals surface area contributed by atoms with E-state index in [4.69, 9.17) is 5.73 Å². The number of amides is 3. The van der Waals surface area contributed by atoms with Gasteiger partial charge in [0.2, 0.25) is 17.7 Å². The molecule has 0 spiro atoms. The molecule has 254 valence electrons. The fraction of sp³-hybridized carbons (Fsp3) is 0.618. The maximum absolute atomic E-state index is 13.4. The van der Waals surface area contributed by atoms with Crippen molar-refractivity contribution in [3.05, 3.63) is 53.6 Å². The predicted molar refractivity (Wildman–Crippen MR) is 175 cm³/mol. The van der Waals surface area contributed by atoms with Gasteiger partial charge in [0, 0.05) is 25.0 Å². The lowest BCUT2D eigenvalue weighted by atomic mass is 9.82. The molecule has 1 aliphatic carbocycles. The van der Waals surface area contributed by atoms with Crippen LogP contribution in [0.1, 0.15) is 87.6 Å². The van der Waals surface area contributed by atoms with E-state index in [1.165, 1.54) is 5.56 Å². The van der Waals surface area contributed by atoms with Gasteiger partial charge >= 0.3 is 5.97 Å². The number of carboxylic acid groups (broad SMARTS) is 1. The van der Waals surface area contributed by atoms with E-state index < -0.39 is 48.4 Å². The molecule has 0 bridgehead atoms. The zero-order chi connectivity index (χ0) is 33.3. The number of aliphatic carboxylic acids is 1. The van der Waals surface area contributed by atoms with Crippen LogP contribution in [0.2, 0.25) is 0 Å². The molecule has 0 aliphatic heterocycles. The largest absolute Gasteiger partial charge is 0.481 e. The molecule has 46 heavy (non-hydrogen) atoms. The van der Waals surface area contributed by atoms with E-state index in [2.05, 4.69) is 25.5 Å². The Morgan fingerprint density at radius 1 is 0.935 bits per heavy atom. The molecule has 1 aliphatic rings. The molecule has 12 nitrogen and oxygen atoms in total. The molecule has 1 heterocycles. The molecule has 12 heteroatoms. The maximum atomic E-state index is 13.4. The third-order valence-electron chi connectivity index (χ3n) is 8.78. The lowest BCUT2D eigenvalue weighted by Crippen LogP contribution is -2.56. The van der Waals surface area contributed by atoms with Crippen LogP contribution < -0.4 is 21.7 Å². The maximum Gasteiger partial charge on any atom is 0.305 e. The number of unbranched alkanes of at least 4 members (excludes halogenated alkanes) is 2. The van der Waals surface area contributed by atoms with Crippen LogP contribution in [-0.2, 0) is 38.6 Å². The molecule has 1 aromatic carbocycles. The number of aliphatic hydroxyl groups excluding tert-OH is 1. The summed E-state index contributed by atoms with van der Waals surface area (Å²) in [7, 11) is 0. The molecule has 0 radical (unpaired) electrons. The molecule has 2 aromatic rings. The van der Waals surface area contributed by atoms with Gasteiger partial charge in [-0.2, -0.15) is 0 Å². The minimum absolute atomic E-state index is 0.0304. The van der Waals surface area contributed by atoms with Gasteiger partial charge in [-0.3, -0.25) is 19.2 Å². The van der Waals surface area contributed by atoms with Crippen molar-refractivity contribution in [2.75, 3.05) is 13.2 Å². The first kappa shape index (κ1) is 36.7.